The second kappa shape index (κ2) is 8.28. The minimum absolute atomic E-state index is 0.367. The van der Waals surface area contributed by atoms with Crippen LogP contribution in [-0.4, -0.2) is 21.8 Å². The van der Waals surface area contributed by atoms with Gasteiger partial charge in [0, 0.05) is 7.11 Å². The first kappa shape index (κ1) is 17.1. The van der Waals surface area contributed by atoms with Crippen molar-refractivity contribution >= 4 is 8.56 Å². The Morgan fingerprint density at radius 2 is 1.53 bits per heavy atom. The first-order chi connectivity index (χ1) is 7.94. The van der Waals surface area contributed by atoms with Crippen LogP contribution < -0.4 is 0 Å². The zero-order valence-corrected chi connectivity index (χ0v) is 13.9. The molecule has 2 unspecified atom stereocenters. The average Bonchev–Trinajstić information content (AvgIpc) is 2.33. The summed E-state index contributed by atoms with van der Waals surface area (Å²) in [7, 11) is -0.105. The van der Waals surface area contributed by atoms with E-state index in [0.717, 1.165) is 18.5 Å². The van der Waals surface area contributed by atoms with E-state index >= 15 is 0 Å². The van der Waals surface area contributed by atoms with Gasteiger partial charge in [0.1, 0.15) is 0 Å². The van der Waals surface area contributed by atoms with E-state index in [1.807, 2.05) is 7.11 Å². The lowest BCUT2D eigenvalue weighted by Crippen LogP contribution is -2.45. The quantitative estimate of drug-likeness (QED) is 0.564. The van der Waals surface area contributed by atoms with E-state index in [0.29, 0.717) is 17.9 Å². The maximum absolute atomic E-state index is 6.47. The van der Waals surface area contributed by atoms with Gasteiger partial charge in [0.25, 0.3) is 0 Å². The van der Waals surface area contributed by atoms with Gasteiger partial charge in [0.2, 0.25) is 0 Å². The molecule has 0 aromatic rings. The molecule has 0 bridgehead atoms. The number of rotatable bonds is 9. The third-order valence-corrected chi connectivity index (χ3v) is 7.43. The molecule has 0 aromatic carbocycles. The summed E-state index contributed by atoms with van der Waals surface area (Å²) in [6, 6.07) is 2.09. The summed E-state index contributed by atoms with van der Waals surface area (Å²) in [6.45, 7) is 13.5. The molecular formula is C14H32O2Si. The van der Waals surface area contributed by atoms with Crippen LogP contribution >= 0.6 is 0 Å². The summed E-state index contributed by atoms with van der Waals surface area (Å²) < 4.78 is 12.2. The van der Waals surface area contributed by atoms with E-state index in [4.69, 9.17) is 8.85 Å². The topological polar surface area (TPSA) is 18.5 Å². The smallest absolute Gasteiger partial charge is 0.337 e. The molecule has 0 aliphatic heterocycles. The van der Waals surface area contributed by atoms with Gasteiger partial charge in [0.05, 0.1) is 6.10 Å². The molecule has 2 nitrogen and oxygen atoms in total. The van der Waals surface area contributed by atoms with Crippen LogP contribution in [0, 0.1) is 11.8 Å². The molecule has 0 aromatic heterocycles. The van der Waals surface area contributed by atoms with E-state index in [9.17, 15) is 0 Å². The second-order valence-corrected chi connectivity index (χ2v) is 9.37. The van der Waals surface area contributed by atoms with Crippen LogP contribution in [0.3, 0.4) is 0 Å². The Morgan fingerprint density at radius 1 is 1.00 bits per heavy atom. The van der Waals surface area contributed by atoms with Crippen molar-refractivity contribution in [1.82, 2.24) is 0 Å². The van der Waals surface area contributed by atoms with Crippen LogP contribution in [0.4, 0.5) is 0 Å². The van der Waals surface area contributed by atoms with Crippen LogP contribution in [0.15, 0.2) is 0 Å². The van der Waals surface area contributed by atoms with Gasteiger partial charge < -0.3 is 8.85 Å². The lowest BCUT2D eigenvalue weighted by Gasteiger charge is -2.35. The third kappa shape index (κ3) is 5.54. The van der Waals surface area contributed by atoms with Crippen LogP contribution in [0.5, 0.6) is 0 Å². The van der Waals surface area contributed by atoms with Crippen molar-refractivity contribution in [3.8, 4) is 0 Å². The van der Waals surface area contributed by atoms with Gasteiger partial charge in [-0.05, 0) is 30.3 Å². The molecule has 0 amide bonds. The van der Waals surface area contributed by atoms with E-state index in [-0.39, 0.29) is 0 Å². The maximum Gasteiger partial charge on any atom is 0.337 e. The standard InChI is InChI=1S/C14H32O2Si/c1-8-13(6)14(11-12(4)5)16-17(9-2,10-3)15-7/h12-14H,8-11H2,1-7H3. The molecular weight excluding hydrogens is 228 g/mol. The predicted molar refractivity (Wildman–Crippen MR) is 77.5 cm³/mol. The van der Waals surface area contributed by atoms with Crippen molar-refractivity contribution in [3.63, 3.8) is 0 Å². The van der Waals surface area contributed by atoms with Crippen LogP contribution in [0.25, 0.3) is 0 Å². The number of hydrogen-bond acceptors (Lipinski definition) is 2. The molecule has 0 N–H and O–H groups in total. The van der Waals surface area contributed by atoms with Gasteiger partial charge in [-0.1, -0.05) is 48.0 Å². The van der Waals surface area contributed by atoms with Crippen molar-refractivity contribution in [2.24, 2.45) is 11.8 Å². The molecule has 0 aliphatic carbocycles. The highest BCUT2D eigenvalue weighted by Crippen LogP contribution is 2.27. The van der Waals surface area contributed by atoms with Gasteiger partial charge in [0.15, 0.2) is 0 Å². The largest absolute Gasteiger partial charge is 0.398 e. The van der Waals surface area contributed by atoms with E-state index < -0.39 is 8.56 Å². The highest BCUT2D eigenvalue weighted by molar-refractivity contribution is 6.67. The first-order valence-electron chi connectivity index (χ1n) is 7.17. The fourth-order valence-electron chi connectivity index (χ4n) is 2.15. The Morgan fingerprint density at radius 3 is 1.82 bits per heavy atom. The molecule has 3 heteroatoms. The zero-order valence-electron chi connectivity index (χ0n) is 12.9. The maximum atomic E-state index is 6.47. The predicted octanol–water partition coefficient (Wildman–Crippen LogP) is 4.59. The Kier molecular flexibility index (Phi) is 8.34. The summed E-state index contributed by atoms with van der Waals surface area (Å²) in [5.41, 5.74) is 0. The monoisotopic (exact) mass is 260 g/mol. The summed E-state index contributed by atoms with van der Waals surface area (Å²) in [5, 5.41) is 0. The Bertz CT molecular complexity index is 182. The van der Waals surface area contributed by atoms with E-state index in [2.05, 4.69) is 41.5 Å². The van der Waals surface area contributed by atoms with E-state index in [1.165, 1.54) is 6.42 Å². The fourth-order valence-corrected chi connectivity index (χ4v) is 4.54. The lowest BCUT2D eigenvalue weighted by atomic mass is 9.94. The molecule has 17 heavy (non-hydrogen) atoms. The Labute approximate surface area is 109 Å². The molecule has 0 saturated carbocycles. The highest BCUT2D eigenvalue weighted by Gasteiger charge is 2.36. The highest BCUT2D eigenvalue weighted by atomic mass is 28.4. The molecule has 0 spiro atoms. The average molecular weight is 260 g/mol. The van der Waals surface area contributed by atoms with Crippen molar-refractivity contribution in [2.45, 2.75) is 72.6 Å². The van der Waals surface area contributed by atoms with Gasteiger partial charge in [-0.3, -0.25) is 0 Å². The van der Waals surface area contributed by atoms with Crippen molar-refractivity contribution in [3.05, 3.63) is 0 Å². The SMILES string of the molecule is CCC(C)C(CC(C)C)O[Si](CC)(CC)OC. The first-order valence-corrected chi connectivity index (χ1v) is 9.40. The summed E-state index contributed by atoms with van der Waals surface area (Å²) in [4.78, 5) is 0. The molecule has 0 fully saturated rings. The van der Waals surface area contributed by atoms with Gasteiger partial charge in [-0.2, -0.15) is 0 Å². The Balaban J connectivity index is 4.69. The molecule has 0 aliphatic rings. The van der Waals surface area contributed by atoms with Crippen molar-refractivity contribution in [1.29, 1.82) is 0 Å². The Hall–Kier alpha value is 0.137. The molecule has 2 atom stereocenters. The third-order valence-electron chi connectivity index (χ3n) is 3.80. The van der Waals surface area contributed by atoms with Crippen molar-refractivity contribution in [2.75, 3.05) is 7.11 Å². The summed E-state index contributed by atoms with van der Waals surface area (Å²) >= 11 is 0. The van der Waals surface area contributed by atoms with E-state index in [1.54, 1.807) is 0 Å². The second-order valence-electron chi connectivity index (χ2n) is 5.49. The fraction of sp³-hybridized carbons (Fsp3) is 1.00. The zero-order chi connectivity index (χ0) is 13.5. The minimum Gasteiger partial charge on any atom is -0.398 e. The molecule has 0 saturated heterocycles. The van der Waals surface area contributed by atoms with Gasteiger partial charge >= 0.3 is 8.56 Å². The van der Waals surface area contributed by atoms with Gasteiger partial charge in [-0.15, -0.1) is 0 Å². The van der Waals surface area contributed by atoms with Crippen LogP contribution in [0.1, 0.15) is 54.4 Å². The van der Waals surface area contributed by atoms with Crippen LogP contribution in [0.2, 0.25) is 12.1 Å². The van der Waals surface area contributed by atoms with Crippen LogP contribution in [-0.2, 0) is 8.85 Å². The molecule has 104 valence electrons. The summed E-state index contributed by atoms with van der Waals surface area (Å²) in [5.74, 6) is 1.31. The molecule has 0 rings (SSSR count). The van der Waals surface area contributed by atoms with Crippen molar-refractivity contribution < 1.29 is 8.85 Å². The lowest BCUT2D eigenvalue weighted by molar-refractivity contribution is 0.0703. The normalized spacial score (nSPS) is 16.2. The molecule has 0 radical (unpaired) electrons. The molecule has 0 heterocycles. The number of hydrogen-bond donors (Lipinski definition) is 0. The van der Waals surface area contributed by atoms with Gasteiger partial charge in [-0.25, -0.2) is 0 Å². The minimum atomic E-state index is -1.93. The summed E-state index contributed by atoms with van der Waals surface area (Å²) in [6.07, 6.45) is 2.69.